The molecule has 3 rings (SSSR count). The van der Waals surface area contributed by atoms with E-state index in [9.17, 15) is 14.7 Å². The first-order valence-corrected chi connectivity index (χ1v) is 13.7. The Labute approximate surface area is 242 Å². The first-order chi connectivity index (χ1) is 19.9. The Hall–Kier alpha value is -4.30. The molecule has 8 nitrogen and oxygen atoms in total. The maximum Gasteiger partial charge on any atom is 0.373 e. The van der Waals surface area contributed by atoms with Crippen molar-refractivity contribution in [1.29, 1.82) is 0 Å². The van der Waals surface area contributed by atoms with Gasteiger partial charge in [0.15, 0.2) is 6.10 Å². The van der Waals surface area contributed by atoms with Gasteiger partial charge in [0.25, 0.3) is 0 Å². The molecular formula is C33H40O8. The first-order valence-electron chi connectivity index (χ1n) is 13.7. The largest absolute Gasteiger partial charge is 0.508 e. The van der Waals surface area contributed by atoms with E-state index in [2.05, 4.69) is 0 Å². The van der Waals surface area contributed by atoms with Crippen LogP contribution in [-0.2, 0) is 41.6 Å². The third-order valence-electron chi connectivity index (χ3n) is 5.43. The molecule has 0 saturated carbocycles. The second-order valence-corrected chi connectivity index (χ2v) is 8.58. The molecule has 0 saturated heterocycles. The molecule has 8 heteroatoms. The molecule has 41 heavy (non-hydrogen) atoms. The van der Waals surface area contributed by atoms with E-state index in [1.165, 1.54) is 0 Å². The summed E-state index contributed by atoms with van der Waals surface area (Å²) < 4.78 is 26.4. The predicted octanol–water partition coefficient (Wildman–Crippen LogP) is 6.11. The van der Waals surface area contributed by atoms with Crippen LogP contribution >= 0.6 is 0 Å². The van der Waals surface area contributed by atoms with Gasteiger partial charge >= 0.3 is 11.9 Å². The minimum Gasteiger partial charge on any atom is -0.508 e. The summed E-state index contributed by atoms with van der Waals surface area (Å²) in [7, 11) is 0. The normalized spacial score (nSPS) is 11.5. The summed E-state index contributed by atoms with van der Waals surface area (Å²) in [4.78, 5) is 23.5. The molecule has 1 N–H and O–H groups in total. The van der Waals surface area contributed by atoms with Crippen LogP contribution in [0.1, 0.15) is 44.4 Å². The molecule has 0 bridgehead atoms. The minimum atomic E-state index is -0.609. The van der Waals surface area contributed by atoms with Gasteiger partial charge in [0, 0.05) is 13.0 Å². The summed E-state index contributed by atoms with van der Waals surface area (Å²) in [6.45, 7) is 9.16. The van der Waals surface area contributed by atoms with Gasteiger partial charge in [-0.25, -0.2) is 9.59 Å². The van der Waals surface area contributed by atoms with Crippen molar-refractivity contribution < 1.29 is 38.4 Å². The van der Waals surface area contributed by atoms with E-state index in [1.807, 2.05) is 74.5 Å². The highest BCUT2D eigenvalue weighted by Crippen LogP contribution is 2.18. The highest BCUT2D eigenvalue weighted by atomic mass is 16.6. The van der Waals surface area contributed by atoms with Gasteiger partial charge in [-0.2, -0.15) is 0 Å². The fourth-order valence-corrected chi connectivity index (χ4v) is 3.65. The second-order valence-electron chi connectivity index (χ2n) is 8.58. The maximum atomic E-state index is 11.9. The Bertz CT molecular complexity index is 1220. The fourth-order valence-electron chi connectivity index (χ4n) is 3.65. The van der Waals surface area contributed by atoms with E-state index in [0.29, 0.717) is 39.5 Å². The van der Waals surface area contributed by atoms with Crippen molar-refractivity contribution >= 4 is 18.0 Å². The third kappa shape index (κ3) is 12.6. The third-order valence-corrected chi connectivity index (χ3v) is 5.43. The molecular weight excluding hydrogens is 524 g/mol. The Kier molecular flexibility index (Phi) is 15.2. The lowest BCUT2D eigenvalue weighted by atomic mass is 10.1. The summed E-state index contributed by atoms with van der Waals surface area (Å²) in [5, 5.41) is 9.34. The van der Waals surface area contributed by atoms with Crippen molar-refractivity contribution in [3.63, 3.8) is 0 Å². The van der Waals surface area contributed by atoms with Crippen molar-refractivity contribution in [2.75, 3.05) is 26.4 Å². The van der Waals surface area contributed by atoms with Crippen LogP contribution < -0.4 is 4.74 Å². The summed E-state index contributed by atoms with van der Waals surface area (Å²) in [5.74, 6) is 0.279. The fraction of sp³-hybridized carbons (Fsp3) is 0.333. The van der Waals surface area contributed by atoms with Gasteiger partial charge < -0.3 is 28.8 Å². The average Bonchev–Trinajstić information content (AvgIpc) is 2.97. The van der Waals surface area contributed by atoms with Crippen LogP contribution in [0.15, 0.2) is 84.6 Å². The molecule has 0 fully saturated rings. The number of aromatic hydroxyl groups is 1. The summed E-state index contributed by atoms with van der Waals surface area (Å²) >= 11 is 0. The highest BCUT2D eigenvalue weighted by Gasteiger charge is 2.20. The van der Waals surface area contributed by atoms with Crippen molar-refractivity contribution in [2.45, 2.75) is 46.8 Å². The van der Waals surface area contributed by atoms with Gasteiger partial charge in [0.1, 0.15) is 18.1 Å². The molecule has 3 aromatic carbocycles. The molecule has 0 radical (unpaired) electrons. The molecule has 0 aliphatic rings. The number of rotatable bonds is 14. The Morgan fingerprint density at radius 3 is 2.10 bits per heavy atom. The van der Waals surface area contributed by atoms with Crippen LogP contribution in [0.25, 0.3) is 6.08 Å². The van der Waals surface area contributed by atoms with Crippen molar-refractivity contribution in [3.05, 3.63) is 101 Å². The zero-order valence-corrected chi connectivity index (χ0v) is 24.2. The van der Waals surface area contributed by atoms with Crippen LogP contribution in [0, 0.1) is 0 Å². The first kappa shape index (κ1) is 32.9. The van der Waals surface area contributed by atoms with Crippen LogP contribution in [0.4, 0.5) is 0 Å². The summed E-state index contributed by atoms with van der Waals surface area (Å²) in [6, 6.07) is 24.2. The molecule has 0 aliphatic heterocycles. The van der Waals surface area contributed by atoms with Crippen LogP contribution in [-0.4, -0.2) is 49.6 Å². The number of phenols is 1. The van der Waals surface area contributed by atoms with Gasteiger partial charge in [-0.05, 0) is 74.7 Å². The number of hydrogen-bond acceptors (Lipinski definition) is 8. The van der Waals surface area contributed by atoms with Crippen molar-refractivity contribution in [2.24, 2.45) is 0 Å². The van der Waals surface area contributed by atoms with Gasteiger partial charge in [-0.3, -0.25) is 0 Å². The summed E-state index contributed by atoms with van der Waals surface area (Å²) in [6.07, 6.45) is 1.46. The zero-order chi connectivity index (χ0) is 29.9. The highest BCUT2D eigenvalue weighted by molar-refractivity contribution is 5.91. The minimum absolute atomic E-state index is 0.182. The van der Waals surface area contributed by atoms with E-state index < -0.39 is 12.1 Å². The van der Waals surface area contributed by atoms with Crippen LogP contribution in [0.2, 0.25) is 0 Å². The average molecular weight is 565 g/mol. The Morgan fingerprint density at radius 2 is 1.44 bits per heavy atom. The van der Waals surface area contributed by atoms with Gasteiger partial charge in [0.2, 0.25) is 5.76 Å². The van der Waals surface area contributed by atoms with Crippen LogP contribution in [0.5, 0.6) is 11.5 Å². The lowest BCUT2D eigenvalue weighted by Crippen LogP contribution is -2.28. The second kappa shape index (κ2) is 18.9. The maximum absolute atomic E-state index is 11.9. The zero-order valence-electron chi connectivity index (χ0n) is 24.2. The number of ether oxygens (including phenoxy) is 5. The van der Waals surface area contributed by atoms with Crippen LogP contribution in [0.3, 0.4) is 0 Å². The lowest BCUT2D eigenvalue weighted by Gasteiger charge is -2.15. The smallest absolute Gasteiger partial charge is 0.373 e. The number of hydrogen-bond donors (Lipinski definition) is 1. The van der Waals surface area contributed by atoms with E-state index in [4.69, 9.17) is 23.7 Å². The molecule has 0 spiro atoms. The van der Waals surface area contributed by atoms with E-state index in [1.54, 1.807) is 38.1 Å². The predicted molar refractivity (Wildman–Crippen MR) is 157 cm³/mol. The molecule has 1 atom stereocenters. The molecule has 3 aromatic rings. The Morgan fingerprint density at radius 1 is 0.756 bits per heavy atom. The number of benzene rings is 3. The summed E-state index contributed by atoms with van der Waals surface area (Å²) in [5.41, 5.74) is 2.76. The number of phenolic OH excluding ortho intramolecular Hbond substituents is 1. The molecule has 220 valence electrons. The molecule has 0 aliphatic carbocycles. The van der Waals surface area contributed by atoms with E-state index >= 15 is 0 Å². The van der Waals surface area contributed by atoms with Gasteiger partial charge in [-0.15, -0.1) is 0 Å². The standard InChI is InChI=1S/C20H22O4.C13H18O4/c1-3-22-19(20(21)23-4-2)14-17-11-8-12-18(13-17)24-15-16-9-6-5-7-10-16;1-3-16-12(13(15)17-4-2)9-10-6-5-7-11(14)8-10/h5-14H,3-4,15H2,1-2H3;5-8,12,14H,3-4,9H2,1-2H3. The van der Waals surface area contributed by atoms with Gasteiger partial charge in [0.05, 0.1) is 19.8 Å². The van der Waals surface area contributed by atoms with E-state index in [0.717, 1.165) is 22.4 Å². The lowest BCUT2D eigenvalue weighted by molar-refractivity contribution is -0.156. The SMILES string of the molecule is CCOC(=O)C(=Cc1cccc(OCc2ccccc2)c1)OCC.CCOC(=O)C(Cc1cccc(O)c1)OCC. The Balaban J connectivity index is 0.000000305. The van der Waals surface area contributed by atoms with Crippen molar-refractivity contribution in [1.82, 2.24) is 0 Å². The number of carbonyl (C=O) groups excluding carboxylic acids is 2. The topological polar surface area (TPSA) is 101 Å². The molecule has 1 unspecified atom stereocenters. The quantitative estimate of drug-likeness (QED) is 0.142. The number of carbonyl (C=O) groups is 2. The molecule has 0 aromatic heterocycles. The monoisotopic (exact) mass is 564 g/mol. The molecule has 0 heterocycles. The van der Waals surface area contributed by atoms with Gasteiger partial charge in [-0.1, -0.05) is 54.6 Å². The van der Waals surface area contributed by atoms with Crippen molar-refractivity contribution in [3.8, 4) is 11.5 Å². The molecule has 0 amide bonds. The number of esters is 2. The van der Waals surface area contributed by atoms with E-state index in [-0.39, 0.29) is 17.5 Å².